The first kappa shape index (κ1) is 20.9. The van der Waals surface area contributed by atoms with E-state index in [1.807, 2.05) is 24.3 Å². The van der Waals surface area contributed by atoms with Crippen LogP contribution in [0.15, 0.2) is 47.5 Å². The van der Waals surface area contributed by atoms with E-state index < -0.39 is 11.1 Å². The van der Waals surface area contributed by atoms with E-state index in [4.69, 9.17) is 11.6 Å². The number of carbonyl (C=O) groups is 2. The molecule has 2 amide bonds. The van der Waals surface area contributed by atoms with Gasteiger partial charge in [0.1, 0.15) is 0 Å². The lowest BCUT2D eigenvalue weighted by molar-refractivity contribution is -0.115. The molecule has 2 fully saturated rings. The number of hydrogen-bond donors (Lipinski definition) is 1. The summed E-state index contributed by atoms with van der Waals surface area (Å²) in [5.74, 6) is -0.0549. The molecule has 0 aliphatic carbocycles. The number of aromatic nitrogens is 2. The minimum atomic E-state index is -0.428. The number of carbonyl (C=O) groups excluding carboxylic acids is 2. The Balaban J connectivity index is 1.51. The van der Waals surface area contributed by atoms with Gasteiger partial charge in [-0.3, -0.25) is 14.9 Å². The van der Waals surface area contributed by atoms with Gasteiger partial charge < -0.3 is 9.80 Å². The Kier molecular flexibility index (Phi) is 5.58. The molecule has 162 valence electrons. The molecule has 0 atom stereocenters. The number of likely N-dealkylation sites (N-methyl/N-ethyl adjacent to an activating group) is 1. The number of rotatable bonds is 3. The van der Waals surface area contributed by atoms with Crippen LogP contribution in [-0.4, -0.2) is 59.2 Å². The summed E-state index contributed by atoms with van der Waals surface area (Å²) in [5, 5.41) is 3.44. The predicted octanol–water partition coefficient (Wildman–Crippen LogP) is 4.03. The molecule has 0 saturated carbocycles. The molecule has 2 aliphatic rings. The van der Waals surface area contributed by atoms with Gasteiger partial charge >= 0.3 is 0 Å². The standard InChI is InChI=1S/C23H20ClN5O2S/c1-28-7-9-29(10-8-28)18-6-5-14(11-17(18)24)16-4-2-3-15-13-25-20(26-21(15)16)12-19-22(30)27-23(31)32-19/h2-6,11-13H,7-10H2,1H3,(H,27,30,31). The predicted molar refractivity (Wildman–Crippen MR) is 129 cm³/mol. The zero-order chi connectivity index (χ0) is 22.2. The van der Waals surface area contributed by atoms with Crippen molar-refractivity contribution in [2.24, 2.45) is 0 Å². The van der Waals surface area contributed by atoms with E-state index in [-0.39, 0.29) is 4.91 Å². The van der Waals surface area contributed by atoms with Gasteiger partial charge in [-0.2, -0.15) is 0 Å². The van der Waals surface area contributed by atoms with E-state index in [9.17, 15) is 9.59 Å². The average molecular weight is 466 g/mol. The van der Waals surface area contributed by atoms with Crippen molar-refractivity contribution in [1.29, 1.82) is 0 Å². The maximum atomic E-state index is 11.9. The van der Waals surface area contributed by atoms with Gasteiger partial charge in [-0.25, -0.2) is 9.97 Å². The van der Waals surface area contributed by atoms with Crippen LogP contribution in [0.4, 0.5) is 10.5 Å². The lowest BCUT2D eigenvalue weighted by Gasteiger charge is -2.34. The van der Waals surface area contributed by atoms with E-state index >= 15 is 0 Å². The summed E-state index contributed by atoms with van der Waals surface area (Å²) >= 11 is 7.55. The number of fused-ring (bicyclic) bond motifs is 1. The minimum absolute atomic E-state index is 0.284. The van der Waals surface area contributed by atoms with E-state index in [2.05, 4.69) is 44.3 Å². The number of nitrogens with zero attached hydrogens (tertiary/aromatic N) is 4. The van der Waals surface area contributed by atoms with E-state index in [0.29, 0.717) is 10.8 Å². The van der Waals surface area contributed by atoms with Crippen LogP contribution in [0.5, 0.6) is 0 Å². The highest BCUT2D eigenvalue weighted by Crippen LogP contribution is 2.34. The lowest BCUT2D eigenvalue weighted by Crippen LogP contribution is -2.44. The quantitative estimate of drug-likeness (QED) is 0.585. The molecule has 2 saturated heterocycles. The maximum absolute atomic E-state index is 11.9. The third kappa shape index (κ3) is 4.09. The molecule has 2 aliphatic heterocycles. The van der Waals surface area contributed by atoms with Crippen LogP contribution in [0.1, 0.15) is 5.82 Å². The Labute approximate surface area is 194 Å². The van der Waals surface area contributed by atoms with Gasteiger partial charge in [-0.05, 0) is 36.5 Å². The fourth-order valence-electron chi connectivity index (χ4n) is 3.89. The average Bonchev–Trinajstić information content (AvgIpc) is 3.10. The second-order valence-corrected chi connectivity index (χ2v) is 9.20. The molecule has 7 nitrogen and oxygen atoms in total. The number of anilines is 1. The number of benzene rings is 2. The van der Waals surface area contributed by atoms with E-state index in [1.54, 1.807) is 6.20 Å². The first-order valence-electron chi connectivity index (χ1n) is 10.2. The summed E-state index contributed by atoms with van der Waals surface area (Å²) < 4.78 is 0. The first-order chi connectivity index (χ1) is 15.5. The van der Waals surface area contributed by atoms with Gasteiger partial charge in [0.25, 0.3) is 11.1 Å². The van der Waals surface area contributed by atoms with Crippen LogP contribution in [0.3, 0.4) is 0 Å². The number of halogens is 1. The number of thioether (sulfide) groups is 1. The Morgan fingerprint density at radius 1 is 1.12 bits per heavy atom. The van der Waals surface area contributed by atoms with Crippen molar-refractivity contribution in [1.82, 2.24) is 20.2 Å². The molecule has 5 rings (SSSR count). The molecule has 0 radical (unpaired) electrons. The van der Waals surface area contributed by atoms with Crippen molar-refractivity contribution in [2.45, 2.75) is 0 Å². The summed E-state index contributed by atoms with van der Waals surface area (Å²) in [5.41, 5.74) is 3.68. The summed E-state index contributed by atoms with van der Waals surface area (Å²) in [7, 11) is 2.13. The number of amides is 2. The summed E-state index contributed by atoms with van der Waals surface area (Å²) in [6, 6.07) is 12.0. The fraction of sp³-hybridized carbons (Fsp3) is 0.217. The molecule has 2 aromatic carbocycles. The number of para-hydroxylation sites is 1. The molecule has 9 heteroatoms. The first-order valence-corrected chi connectivity index (χ1v) is 11.4. The SMILES string of the molecule is CN1CCN(c2ccc(-c3cccc4cnc(C=C5SC(=O)NC5=O)nc34)cc2Cl)CC1. The van der Waals surface area contributed by atoms with Crippen molar-refractivity contribution in [3.63, 3.8) is 0 Å². The van der Waals surface area contributed by atoms with Gasteiger partial charge in [0, 0.05) is 49.4 Å². The zero-order valence-corrected chi connectivity index (χ0v) is 18.9. The number of nitrogens with one attached hydrogen (secondary N) is 1. The van der Waals surface area contributed by atoms with Crippen molar-refractivity contribution >= 4 is 57.2 Å². The largest absolute Gasteiger partial charge is 0.368 e. The maximum Gasteiger partial charge on any atom is 0.290 e. The van der Waals surface area contributed by atoms with Gasteiger partial charge in [0.05, 0.1) is 21.1 Å². The molecule has 0 bridgehead atoms. The number of imide groups is 1. The molecular weight excluding hydrogens is 446 g/mol. The third-order valence-corrected chi connectivity index (χ3v) is 6.75. The third-order valence-electron chi connectivity index (χ3n) is 5.63. The van der Waals surface area contributed by atoms with Gasteiger partial charge in [-0.15, -0.1) is 0 Å². The topological polar surface area (TPSA) is 78.4 Å². The highest BCUT2D eigenvalue weighted by molar-refractivity contribution is 8.18. The molecule has 32 heavy (non-hydrogen) atoms. The summed E-state index contributed by atoms with van der Waals surface area (Å²) in [4.78, 5) is 37.2. The van der Waals surface area contributed by atoms with Crippen molar-refractivity contribution in [2.75, 3.05) is 38.1 Å². The fourth-order valence-corrected chi connectivity index (χ4v) is 4.84. The Bertz CT molecular complexity index is 1270. The van der Waals surface area contributed by atoms with Crippen LogP contribution in [0.2, 0.25) is 5.02 Å². The van der Waals surface area contributed by atoms with Crippen LogP contribution in [-0.2, 0) is 4.79 Å². The zero-order valence-electron chi connectivity index (χ0n) is 17.3. The molecule has 3 heterocycles. The summed E-state index contributed by atoms with van der Waals surface area (Å²) in [6.45, 7) is 3.92. The van der Waals surface area contributed by atoms with Crippen LogP contribution in [0, 0.1) is 0 Å². The van der Waals surface area contributed by atoms with Gasteiger partial charge in [0.2, 0.25) is 0 Å². The number of piperazine rings is 1. The van der Waals surface area contributed by atoms with E-state index in [1.165, 1.54) is 6.08 Å². The van der Waals surface area contributed by atoms with Crippen LogP contribution >= 0.6 is 23.4 Å². The van der Waals surface area contributed by atoms with Gasteiger partial charge in [-0.1, -0.05) is 35.9 Å². The summed E-state index contributed by atoms with van der Waals surface area (Å²) in [6.07, 6.45) is 3.25. The molecular formula is C23H20ClN5O2S. The Morgan fingerprint density at radius 3 is 2.66 bits per heavy atom. The van der Waals surface area contributed by atoms with Crippen molar-refractivity contribution < 1.29 is 9.59 Å². The Morgan fingerprint density at radius 2 is 1.94 bits per heavy atom. The highest BCUT2D eigenvalue weighted by Gasteiger charge is 2.25. The molecule has 0 unspecified atom stereocenters. The van der Waals surface area contributed by atoms with Crippen molar-refractivity contribution in [3.8, 4) is 11.1 Å². The molecule has 0 spiro atoms. The van der Waals surface area contributed by atoms with Crippen molar-refractivity contribution in [3.05, 3.63) is 58.3 Å². The monoisotopic (exact) mass is 465 g/mol. The Hall–Kier alpha value is -2.94. The minimum Gasteiger partial charge on any atom is -0.368 e. The van der Waals surface area contributed by atoms with Crippen LogP contribution < -0.4 is 10.2 Å². The van der Waals surface area contributed by atoms with E-state index in [0.717, 1.165) is 65.7 Å². The van der Waals surface area contributed by atoms with Crippen LogP contribution in [0.25, 0.3) is 28.1 Å². The lowest BCUT2D eigenvalue weighted by atomic mass is 10.0. The normalized spacial score (nSPS) is 18.6. The smallest absolute Gasteiger partial charge is 0.290 e. The molecule has 1 aromatic heterocycles. The highest BCUT2D eigenvalue weighted by atomic mass is 35.5. The second-order valence-electron chi connectivity index (χ2n) is 7.78. The number of hydrogen-bond acceptors (Lipinski definition) is 7. The second kappa shape index (κ2) is 8.54. The van der Waals surface area contributed by atoms with Gasteiger partial charge in [0.15, 0.2) is 5.82 Å². The molecule has 3 aromatic rings. The molecule has 1 N–H and O–H groups in total.